The van der Waals surface area contributed by atoms with Gasteiger partial charge < -0.3 is 10.5 Å². The van der Waals surface area contributed by atoms with Crippen molar-refractivity contribution < 1.29 is 13.9 Å². The number of aryl methyl sites for hydroxylation is 1. The highest BCUT2D eigenvalue weighted by Crippen LogP contribution is 2.21. The van der Waals surface area contributed by atoms with E-state index in [1.165, 1.54) is 18.3 Å². The normalized spacial score (nSPS) is 10.9. The summed E-state index contributed by atoms with van der Waals surface area (Å²) in [5, 5.41) is 4.37. The van der Waals surface area contributed by atoms with Crippen LogP contribution in [-0.4, -0.2) is 17.1 Å². The van der Waals surface area contributed by atoms with E-state index in [0.717, 1.165) is 16.9 Å². The molecule has 0 saturated heterocycles. The molecular formula is C20H19FN4O2S. The number of hydrogen-bond acceptors (Lipinski definition) is 6. The number of halogens is 1. The van der Waals surface area contributed by atoms with E-state index in [1.54, 1.807) is 18.2 Å². The summed E-state index contributed by atoms with van der Waals surface area (Å²) in [7, 11) is 0. The summed E-state index contributed by atoms with van der Waals surface area (Å²) in [5.74, 6) is -0.0472. The van der Waals surface area contributed by atoms with E-state index in [2.05, 4.69) is 15.5 Å². The van der Waals surface area contributed by atoms with Crippen molar-refractivity contribution in [2.75, 3.05) is 5.73 Å². The second-order valence-corrected chi connectivity index (χ2v) is 6.86. The van der Waals surface area contributed by atoms with Gasteiger partial charge in [0, 0.05) is 5.56 Å². The van der Waals surface area contributed by atoms with Gasteiger partial charge in [-0.3, -0.25) is 4.79 Å². The van der Waals surface area contributed by atoms with Crippen LogP contribution in [0.1, 0.15) is 33.4 Å². The fourth-order valence-corrected chi connectivity index (χ4v) is 3.27. The zero-order chi connectivity index (χ0) is 19.9. The Kier molecular flexibility index (Phi) is 6.33. The molecular weight excluding hydrogens is 379 g/mol. The molecule has 0 spiro atoms. The number of nitrogens with one attached hydrogen (secondary N) is 1. The number of carbonyl (C=O) groups excluding carboxylic acids is 1. The van der Waals surface area contributed by atoms with Crippen molar-refractivity contribution in [3.63, 3.8) is 0 Å². The molecule has 8 heteroatoms. The van der Waals surface area contributed by atoms with Crippen LogP contribution in [0.25, 0.3) is 0 Å². The molecule has 0 fully saturated rings. The molecule has 1 amide bonds. The lowest BCUT2D eigenvalue weighted by molar-refractivity contribution is 0.0958. The summed E-state index contributed by atoms with van der Waals surface area (Å²) in [6.45, 7) is 2.20. The summed E-state index contributed by atoms with van der Waals surface area (Å²) in [6.07, 6.45) is 2.12. The second-order valence-electron chi connectivity index (χ2n) is 5.83. The lowest BCUT2D eigenvalue weighted by Gasteiger charge is -2.09. The van der Waals surface area contributed by atoms with Crippen molar-refractivity contribution in [2.24, 2.45) is 5.10 Å². The largest absolute Gasteiger partial charge is 0.488 e. The molecule has 0 unspecified atom stereocenters. The van der Waals surface area contributed by atoms with Gasteiger partial charge in [0.2, 0.25) is 0 Å². The van der Waals surface area contributed by atoms with Crippen LogP contribution in [0.4, 0.5) is 9.52 Å². The molecule has 0 saturated carbocycles. The Labute approximate surface area is 165 Å². The van der Waals surface area contributed by atoms with Gasteiger partial charge in [-0.2, -0.15) is 5.10 Å². The first-order valence-corrected chi connectivity index (χ1v) is 9.43. The van der Waals surface area contributed by atoms with Crippen LogP contribution in [0, 0.1) is 5.82 Å². The van der Waals surface area contributed by atoms with Crippen LogP contribution in [0.2, 0.25) is 0 Å². The summed E-state index contributed by atoms with van der Waals surface area (Å²) < 4.78 is 18.8. The summed E-state index contributed by atoms with van der Waals surface area (Å²) in [5.41, 5.74) is 10.4. The summed E-state index contributed by atoms with van der Waals surface area (Å²) >= 11 is 1.13. The Bertz CT molecular complexity index is 986. The van der Waals surface area contributed by atoms with Gasteiger partial charge in [0.05, 0.1) is 11.9 Å². The van der Waals surface area contributed by atoms with E-state index < -0.39 is 0 Å². The molecule has 6 nitrogen and oxygen atoms in total. The quantitative estimate of drug-likeness (QED) is 0.468. The predicted octanol–water partition coefficient (Wildman–Crippen LogP) is 3.77. The van der Waals surface area contributed by atoms with E-state index in [9.17, 15) is 9.18 Å². The number of aromatic nitrogens is 1. The molecule has 28 heavy (non-hydrogen) atoms. The molecule has 0 atom stereocenters. The molecule has 3 rings (SSSR count). The third-order valence-corrected chi connectivity index (χ3v) is 4.78. The first kappa shape index (κ1) is 19.5. The number of nitrogens with zero attached hydrogens (tertiary/aromatic N) is 2. The van der Waals surface area contributed by atoms with Crippen LogP contribution < -0.4 is 15.9 Å². The molecule has 0 bridgehead atoms. The molecule has 144 valence electrons. The lowest BCUT2D eigenvalue weighted by Crippen LogP contribution is -2.17. The molecule has 2 aromatic carbocycles. The molecule has 1 aromatic heterocycles. The van der Waals surface area contributed by atoms with Gasteiger partial charge in [0.25, 0.3) is 5.91 Å². The van der Waals surface area contributed by atoms with Crippen LogP contribution in [0.5, 0.6) is 5.75 Å². The minimum atomic E-state index is -0.355. The third kappa shape index (κ3) is 4.92. The number of nitrogen functional groups attached to an aromatic ring is 1. The Morgan fingerprint density at radius 1 is 1.29 bits per heavy atom. The lowest BCUT2D eigenvalue weighted by atomic mass is 10.2. The first-order chi connectivity index (χ1) is 13.6. The van der Waals surface area contributed by atoms with Crippen molar-refractivity contribution in [3.8, 4) is 5.75 Å². The van der Waals surface area contributed by atoms with Gasteiger partial charge in [0.1, 0.15) is 23.1 Å². The number of thiazole rings is 1. The zero-order valence-electron chi connectivity index (χ0n) is 15.2. The average Bonchev–Trinajstić information content (AvgIpc) is 3.09. The van der Waals surface area contributed by atoms with Crippen molar-refractivity contribution >= 4 is 28.6 Å². The van der Waals surface area contributed by atoms with E-state index in [4.69, 9.17) is 10.5 Å². The number of carbonyl (C=O) groups is 1. The number of hydrogen-bond donors (Lipinski definition) is 2. The van der Waals surface area contributed by atoms with Gasteiger partial charge >= 0.3 is 0 Å². The van der Waals surface area contributed by atoms with E-state index in [1.807, 2.05) is 25.1 Å². The van der Waals surface area contributed by atoms with Crippen LogP contribution in [-0.2, 0) is 13.0 Å². The van der Waals surface area contributed by atoms with Gasteiger partial charge in [0.15, 0.2) is 5.13 Å². The van der Waals surface area contributed by atoms with Gasteiger partial charge in [-0.25, -0.2) is 14.8 Å². The number of ether oxygens (including phenoxy) is 1. The maximum atomic E-state index is 13.0. The van der Waals surface area contributed by atoms with Gasteiger partial charge in [-0.1, -0.05) is 42.5 Å². The summed E-state index contributed by atoms with van der Waals surface area (Å²) in [4.78, 5) is 16.9. The Balaban J connectivity index is 1.65. The van der Waals surface area contributed by atoms with Crippen LogP contribution in [0.15, 0.2) is 53.6 Å². The highest BCUT2D eigenvalue weighted by Gasteiger charge is 2.15. The molecule has 3 aromatic rings. The van der Waals surface area contributed by atoms with Crippen molar-refractivity contribution in [1.82, 2.24) is 10.4 Å². The Morgan fingerprint density at radius 3 is 2.79 bits per heavy atom. The molecule has 1 heterocycles. The average molecular weight is 398 g/mol. The summed E-state index contributed by atoms with van der Waals surface area (Å²) in [6, 6.07) is 13.4. The van der Waals surface area contributed by atoms with Gasteiger partial charge in [-0.05, 0) is 36.2 Å². The fraction of sp³-hybridized carbons (Fsp3) is 0.150. The standard InChI is InChI=1S/C20H19FN4O2S/c1-2-16-18(28-20(22)24-16)19(26)25-23-11-14-5-3-4-6-17(14)27-12-13-7-9-15(21)10-8-13/h3-11H,2,12H2,1H3,(H2,22,24)(H,25,26)/b23-11-. The van der Waals surface area contributed by atoms with E-state index >= 15 is 0 Å². The Hall–Kier alpha value is -3.26. The number of nitrogens with two attached hydrogens (primary N) is 1. The smallest absolute Gasteiger partial charge is 0.283 e. The molecule has 3 N–H and O–H groups in total. The van der Waals surface area contributed by atoms with Crippen molar-refractivity contribution in [2.45, 2.75) is 20.0 Å². The van der Waals surface area contributed by atoms with E-state index in [-0.39, 0.29) is 18.3 Å². The maximum Gasteiger partial charge on any atom is 0.283 e. The number of amides is 1. The second kappa shape index (κ2) is 9.09. The molecule has 0 aliphatic rings. The van der Waals surface area contributed by atoms with Crippen LogP contribution in [0.3, 0.4) is 0 Å². The molecule has 0 radical (unpaired) electrons. The minimum absolute atomic E-state index is 0.289. The van der Waals surface area contributed by atoms with Crippen molar-refractivity contribution in [1.29, 1.82) is 0 Å². The van der Waals surface area contributed by atoms with Crippen molar-refractivity contribution in [3.05, 3.63) is 76.0 Å². The first-order valence-electron chi connectivity index (χ1n) is 8.61. The number of hydrazone groups is 1. The topological polar surface area (TPSA) is 89.6 Å². The van der Waals surface area contributed by atoms with E-state index in [0.29, 0.717) is 33.4 Å². The predicted molar refractivity (Wildman–Crippen MR) is 108 cm³/mol. The number of para-hydroxylation sites is 1. The highest BCUT2D eigenvalue weighted by atomic mass is 32.1. The monoisotopic (exact) mass is 398 g/mol. The third-order valence-electron chi connectivity index (χ3n) is 3.85. The van der Waals surface area contributed by atoms with Crippen LogP contribution >= 0.6 is 11.3 Å². The molecule has 0 aliphatic heterocycles. The number of rotatable bonds is 7. The number of anilines is 1. The number of benzene rings is 2. The Morgan fingerprint density at radius 2 is 2.04 bits per heavy atom. The SMILES string of the molecule is CCc1nc(N)sc1C(=O)N/N=C\c1ccccc1OCc1ccc(F)cc1. The molecule has 0 aliphatic carbocycles. The zero-order valence-corrected chi connectivity index (χ0v) is 16.0. The van der Waals surface area contributed by atoms with Gasteiger partial charge in [-0.15, -0.1) is 0 Å². The maximum absolute atomic E-state index is 13.0. The highest BCUT2D eigenvalue weighted by molar-refractivity contribution is 7.17. The fourth-order valence-electron chi connectivity index (χ4n) is 2.46. The minimum Gasteiger partial charge on any atom is -0.488 e.